The minimum atomic E-state index is 0.932. The molecule has 0 aliphatic rings. The van der Waals surface area contributed by atoms with Crippen molar-refractivity contribution in [2.24, 2.45) is 0 Å². The van der Waals surface area contributed by atoms with Crippen LogP contribution in [-0.2, 0) is 6.54 Å². The van der Waals surface area contributed by atoms with Crippen molar-refractivity contribution in [1.82, 2.24) is 5.32 Å². The van der Waals surface area contributed by atoms with Gasteiger partial charge in [0.2, 0.25) is 0 Å². The standard InChI is InChI=1S/C12H13N/c1-13-9-11-7-4-6-10-5-2-3-8-12(10)11/h2-8,13H,9H2,1H3. The average molecular weight is 171 g/mol. The second-order valence-corrected chi connectivity index (χ2v) is 3.17. The van der Waals surface area contributed by atoms with Gasteiger partial charge in [-0.25, -0.2) is 0 Å². The van der Waals surface area contributed by atoms with Crippen molar-refractivity contribution in [2.75, 3.05) is 7.05 Å². The molecular formula is C12H13N. The van der Waals surface area contributed by atoms with Crippen LogP contribution in [0.4, 0.5) is 0 Å². The smallest absolute Gasteiger partial charge is 0.0208 e. The molecule has 0 radical (unpaired) electrons. The minimum Gasteiger partial charge on any atom is -0.316 e. The minimum absolute atomic E-state index is 0.932. The summed E-state index contributed by atoms with van der Waals surface area (Å²) >= 11 is 0. The van der Waals surface area contributed by atoms with Gasteiger partial charge in [0, 0.05) is 6.54 Å². The third-order valence-corrected chi connectivity index (χ3v) is 2.25. The molecule has 0 fully saturated rings. The van der Waals surface area contributed by atoms with Crippen LogP contribution < -0.4 is 5.32 Å². The summed E-state index contributed by atoms with van der Waals surface area (Å²) < 4.78 is 0. The summed E-state index contributed by atoms with van der Waals surface area (Å²) in [7, 11) is 1.97. The van der Waals surface area contributed by atoms with Crippen molar-refractivity contribution in [2.45, 2.75) is 6.54 Å². The SMILES string of the molecule is CNCc1cccc2ccccc12. The van der Waals surface area contributed by atoms with Gasteiger partial charge in [-0.2, -0.15) is 0 Å². The van der Waals surface area contributed by atoms with Gasteiger partial charge in [0.05, 0.1) is 0 Å². The second kappa shape index (κ2) is 3.58. The summed E-state index contributed by atoms with van der Waals surface area (Å²) in [6.07, 6.45) is 0. The predicted molar refractivity (Wildman–Crippen MR) is 56.7 cm³/mol. The Labute approximate surface area is 78.4 Å². The van der Waals surface area contributed by atoms with E-state index >= 15 is 0 Å². The molecule has 0 atom stereocenters. The molecule has 13 heavy (non-hydrogen) atoms. The van der Waals surface area contributed by atoms with E-state index in [0.29, 0.717) is 0 Å². The maximum atomic E-state index is 3.18. The molecule has 0 bridgehead atoms. The van der Waals surface area contributed by atoms with Crippen molar-refractivity contribution < 1.29 is 0 Å². The highest BCUT2D eigenvalue weighted by atomic mass is 14.8. The van der Waals surface area contributed by atoms with Crippen LogP contribution >= 0.6 is 0 Å². The van der Waals surface area contributed by atoms with Crippen LogP contribution in [-0.4, -0.2) is 7.05 Å². The first kappa shape index (κ1) is 8.27. The lowest BCUT2D eigenvalue weighted by molar-refractivity contribution is 0.824. The van der Waals surface area contributed by atoms with Crippen LogP contribution in [0.1, 0.15) is 5.56 Å². The van der Waals surface area contributed by atoms with E-state index in [0.717, 1.165) is 6.54 Å². The van der Waals surface area contributed by atoms with Crippen molar-refractivity contribution in [3.05, 3.63) is 48.0 Å². The first-order chi connectivity index (χ1) is 6.42. The number of benzene rings is 2. The molecule has 1 N–H and O–H groups in total. The van der Waals surface area contributed by atoms with E-state index in [1.807, 2.05) is 7.05 Å². The van der Waals surface area contributed by atoms with E-state index in [1.54, 1.807) is 0 Å². The normalized spacial score (nSPS) is 10.5. The Bertz CT molecular complexity index is 401. The lowest BCUT2D eigenvalue weighted by Gasteiger charge is -2.04. The molecule has 2 rings (SSSR count). The Hall–Kier alpha value is -1.34. The van der Waals surface area contributed by atoms with E-state index in [4.69, 9.17) is 0 Å². The third kappa shape index (κ3) is 1.56. The summed E-state index contributed by atoms with van der Waals surface area (Å²) in [5.41, 5.74) is 1.36. The molecular weight excluding hydrogens is 158 g/mol. The Morgan fingerprint density at radius 3 is 2.62 bits per heavy atom. The fourth-order valence-electron chi connectivity index (χ4n) is 1.64. The molecule has 2 aromatic carbocycles. The molecule has 0 spiro atoms. The summed E-state index contributed by atoms with van der Waals surface area (Å²) in [5.74, 6) is 0. The zero-order valence-corrected chi connectivity index (χ0v) is 7.75. The maximum absolute atomic E-state index is 3.18. The third-order valence-electron chi connectivity index (χ3n) is 2.25. The van der Waals surface area contributed by atoms with E-state index < -0.39 is 0 Å². The van der Waals surface area contributed by atoms with Crippen molar-refractivity contribution in [3.63, 3.8) is 0 Å². The van der Waals surface area contributed by atoms with E-state index in [2.05, 4.69) is 47.8 Å². The summed E-state index contributed by atoms with van der Waals surface area (Å²) in [4.78, 5) is 0. The molecule has 0 aromatic heterocycles. The van der Waals surface area contributed by atoms with Gasteiger partial charge in [-0.1, -0.05) is 42.5 Å². The summed E-state index contributed by atoms with van der Waals surface area (Å²) in [6, 6.07) is 14.9. The number of fused-ring (bicyclic) bond motifs is 1. The molecule has 0 saturated carbocycles. The Kier molecular flexibility index (Phi) is 2.28. The van der Waals surface area contributed by atoms with Gasteiger partial charge in [0.25, 0.3) is 0 Å². The second-order valence-electron chi connectivity index (χ2n) is 3.17. The van der Waals surface area contributed by atoms with Crippen molar-refractivity contribution in [3.8, 4) is 0 Å². The van der Waals surface area contributed by atoms with Crippen LogP contribution in [0.25, 0.3) is 10.8 Å². The zero-order chi connectivity index (χ0) is 9.10. The van der Waals surface area contributed by atoms with Crippen molar-refractivity contribution >= 4 is 10.8 Å². The fraction of sp³-hybridized carbons (Fsp3) is 0.167. The Balaban J connectivity index is 2.61. The van der Waals surface area contributed by atoms with Crippen LogP contribution in [0.5, 0.6) is 0 Å². The van der Waals surface area contributed by atoms with Gasteiger partial charge in [-0.15, -0.1) is 0 Å². The molecule has 0 saturated heterocycles. The van der Waals surface area contributed by atoms with Gasteiger partial charge in [-0.3, -0.25) is 0 Å². The highest BCUT2D eigenvalue weighted by Crippen LogP contribution is 2.17. The molecule has 1 heteroatoms. The van der Waals surface area contributed by atoms with Crippen molar-refractivity contribution in [1.29, 1.82) is 0 Å². The van der Waals surface area contributed by atoms with Gasteiger partial charge in [0.15, 0.2) is 0 Å². The van der Waals surface area contributed by atoms with Gasteiger partial charge >= 0.3 is 0 Å². The number of hydrogen-bond acceptors (Lipinski definition) is 1. The monoisotopic (exact) mass is 171 g/mol. The van der Waals surface area contributed by atoms with Crippen LogP contribution in [0.3, 0.4) is 0 Å². The Morgan fingerprint density at radius 1 is 1.00 bits per heavy atom. The first-order valence-electron chi connectivity index (χ1n) is 4.53. The van der Waals surface area contributed by atoms with E-state index in [9.17, 15) is 0 Å². The van der Waals surface area contributed by atoms with Crippen LogP contribution in [0.2, 0.25) is 0 Å². The quantitative estimate of drug-likeness (QED) is 0.732. The highest BCUT2D eigenvalue weighted by Gasteiger charge is 1.97. The molecule has 0 unspecified atom stereocenters. The summed E-state index contributed by atoms with van der Waals surface area (Å²) in [5, 5.41) is 5.84. The molecule has 2 aromatic rings. The number of hydrogen-bond donors (Lipinski definition) is 1. The van der Waals surface area contributed by atoms with Gasteiger partial charge < -0.3 is 5.32 Å². The maximum Gasteiger partial charge on any atom is 0.0208 e. The van der Waals surface area contributed by atoms with E-state index in [1.165, 1.54) is 16.3 Å². The van der Waals surface area contributed by atoms with Gasteiger partial charge in [-0.05, 0) is 23.4 Å². The summed E-state index contributed by atoms with van der Waals surface area (Å²) in [6.45, 7) is 0.932. The highest BCUT2D eigenvalue weighted by molar-refractivity contribution is 5.85. The van der Waals surface area contributed by atoms with Gasteiger partial charge in [0.1, 0.15) is 0 Å². The fourth-order valence-corrected chi connectivity index (χ4v) is 1.64. The molecule has 0 aliphatic carbocycles. The largest absolute Gasteiger partial charge is 0.316 e. The number of rotatable bonds is 2. The predicted octanol–water partition coefficient (Wildman–Crippen LogP) is 2.56. The topological polar surface area (TPSA) is 12.0 Å². The Morgan fingerprint density at radius 2 is 1.77 bits per heavy atom. The van der Waals surface area contributed by atoms with Crippen LogP contribution in [0, 0.1) is 0 Å². The molecule has 0 aliphatic heterocycles. The molecule has 0 heterocycles. The van der Waals surface area contributed by atoms with E-state index in [-0.39, 0.29) is 0 Å². The average Bonchev–Trinajstić information content (AvgIpc) is 2.19. The lowest BCUT2D eigenvalue weighted by atomic mass is 10.0. The molecule has 1 nitrogen and oxygen atoms in total. The molecule has 66 valence electrons. The molecule has 0 amide bonds. The first-order valence-corrected chi connectivity index (χ1v) is 4.53. The number of nitrogens with one attached hydrogen (secondary N) is 1. The van der Waals surface area contributed by atoms with Crippen LogP contribution in [0.15, 0.2) is 42.5 Å². The lowest BCUT2D eigenvalue weighted by Crippen LogP contribution is -2.05. The zero-order valence-electron chi connectivity index (χ0n) is 7.75.